The number of aliphatic imine (C=N–C) groups is 1. The van der Waals surface area contributed by atoms with E-state index in [1.165, 1.54) is 50.9 Å². The van der Waals surface area contributed by atoms with Crippen LogP contribution in [0.4, 0.5) is 0 Å². The molecule has 0 spiro atoms. The zero-order chi connectivity index (χ0) is 19.1. The molecule has 2 saturated heterocycles. The van der Waals surface area contributed by atoms with Crippen LogP contribution in [0.15, 0.2) is 17.4 Å². The predicted octanol–water partition coefficient (Wildman–Crippen LogP) is 2.99. The maximum absolute atomic E-state index is 4.98. The van der Waals surface area contributed by atoms with Crippen molar-refractivity contribution in [2.75, 3.05) is 45.8 Å². The number of likely N-dealkylation sites (tertiary alicyclic amines) is 2. The molecule has 0 aliphatic carbocycles. The van der Waals surface area contributed by atoms with E-state index in [0.29, 0.717) is 5.92 Å². The van der Waals surface area contributed by atoms with Gasteiger partial charge in [-0.15, -0.1) is 24.0 Å². The lowest BCUT2D eigenvalue weighted by Gasteiger charge is -2.30. The molecule has 1 N–H and O–H groups in total. The van der Waals surface area contributed by atoms with E-state index in [2.05, 4.69) is 40.3 Å². The summed E-state index contributed by atoms with van der Waals surface area (Å²) in [7, 11) is 1.99. The molecule has 3 heterocycles. The minimum atomic E-state index is 0. The minimum absolute atomic E-state index is 0. The number of guanidine groups is 1. The van der Waals surface area contributed by atoms with Gasteiger partial charge in [0.2, 0.25) is 0 Å². The van der Waals surface area contributed by atoms with Crippen LogP contribution in [0.5, 0.6) is 0 Å². The average Bonchev–Trinajstić information content (AvgIpc) is 3.31. The van der Waals surface area contributed by atoms with E-state index in [9.17, 15) is 0 Å². The molecule has 3 rings (SSSR count). The average molecular weight is 502 g/mol. The number of hydrogen-bond acceptors (Lipinski definition) is 3. The summed E-state index contributed by atoms with van der Waals surface area (Å²) in [5.74, 6) is 2.69. The first-order valence-electron chi connectivity index (χ1n) is 10.9. The molecule has 1 aromatic heterocycles. The van der Waals surface area contributed by atoms with Crippen molar-refractivity contribution in [3.8, 4) is 0 Å². The van der Waals surface area contributed by atoms with Crippen LogP contribution in [0.25, 0.3) is 0 Å². The second kappa shape index (κ2) is 12.0. The first-order valence-corrected chi connectivity index (χ1v) is 10.9. The zero-order valence-corrected chi connectivity index (χ0v) is 20.3. The van der Waals surface area contributed by atoms with Crippen molar-refractivity contribution in [1.29, 1.82) is 0 Å². The van der Waals surface area contributed by atoms with Crippen LogP contribution < -0.4 is 5.32 Å². The Morgan fingerprint density at radius 2 is 1.93 bits per heavy atom. The normalized spacial score (nSPS) is 21.8. The Morgan fingerprint density at radius 3 is 2.57 bits per heavy atom. The smallest absolute Gasteiger partial charge is 0.193 e. The highest BCUT2D eigenvalue weighted by atomic mass is 127. The number of piperidine rings is 1. The Morgan fingerprint density at radius 1 is 1.18 bits per heavy atom. The van der Waals surface area contributed by atoms with Crippen molar-refractivity contribution >= 4 is 29.9 Å². The molecule has 0 aromatic carbocycles. The van der Waals surface area contributed by atoms with Crippen molar-refractivity contribution in [3.63, 3.8) is 0 Å². The lowest BCUT2D eigenvalue weighted by molar-refractivity contribution is 0.188. The number of aromatic nitrogens is 2. The van der Waals surface area contributed by atoms with Crippen molar-refractivity contribution in [1.82, 2.24) is 24.9 Å². The summed E-state index contributed by atoms with van der Waals surface area (Å²) in [6.07, 6.45) is 10.4. The van der Waals surface area contributed by atoms with Crippen molar-refractivity contribution in [2.45, 2.75) is 46.0 Å². The van der Waals surface area contributed by atoms with Gasteiger partial charge in [-0.1, -0.05) is 6.92 Å². The van der Waals surface area contributed by atoms with Gasteiger partial charge in [-0.05, 0) is 76.1 Å². The first-order chi connectivity index (χ1) is 13.2. The lowest BCUT2D eigenvalue weighted by Crippen LogP contribution is -2.40. The number of hydrogen-bond donors (Lipinski definition) is 1. The number of aryl methyl sites for hydroxylation is 1. The molecule has 0 radical (unpaired) electrons. The van der Waals surface area contributed by atoms with E-state index >= 15 is 0 Å². The highest BCUT2D eigenvalue weighted by Gasteiger charge is 2.25. The fourth-order valence-electron chi connectivity index (χ4n) is 4.47. The van der Waals surface area contributed by atoms with E-state index in [-0.39, 0.29) is 24.0 Å². The molecule has 1 atom stereocenters. The summed E-state index contributed by atoms with van der Waals surface area (Å²) in [5.41, 5.74) is 1.35. The molecule has 2 aliphatic rings. The van der Waals surface area contributed by atoms with Gasteiger partial charge >= 0.3 is 0 Å². The maximum atomic E-state index is 4.98. The maximum Gasteiger partial charge on any atom is 0.193 e. The third-order valence-electron chi connectivity index (χ3n) is 6.16. The van der Waals surface area contributed by atoms with E-state index in [4.69, 9.17) is 4.99 Å². The summed E-state index contributed by atoms with van der Waals surface area (Å²) in [6, 6.07) is 0. The molecule has 1 unspecified atom stereocenters. The number of rotatable bonds is 7. The first kappa shape index (κ1) is 23.4. The van der Waals surface area contributed by atoms with Crippen LogP contribution in [-0.4, -0.2) is 71.4 Å². The van der Waals surface area contributed by atoms with Gasteiger partial charge in [0, 0.05) is 39.4 Å². The molecular formula is C21H39IN6. The van der Waals surface area contributed by atoms with Gasteiger partial charge in [0.15, 0.2) is 5.96 Å². The van der Waals surface area contributed by atoms with Crippen LogP contribution in [-0.2, 0) is 13.5 Å². The Bertz CT molecular complexity index is 593. The topological polar surface area (TPSA) is 48.7 Å². The van der Waals surface area contributed by atoms with Gasteiger partial charge in [-0.3, -0.25) is 9.67 Å². The molecule has 0 bridgehead atoms. The number of nitrogens with one attached hydrogen (secondary N) is 1. The van der Waals surface area contributed by atoms with Gasteiger partial charge in [-0.25, -0.2) is 0 Å². The van der Waals surface area contributed by atoms with Crippen LogP contribution in [0.3, 0.4) is 0 Å². The van der Waals surface area contributed by atoms with E-state index < -0.39 is 0 Å². The molecule has 1 aromatic rings. The molecule has 6 nitrogen and oxygen atoms in total. The van der Waals surface area contributed by atoms with Gasteiger partial charge < -0.3 is 15.1 Å². The summed E-state index contributed by atoms with van der Waals surface area (Å²) in [5, 5.41) is 7.82. The minimum Gasteiger partial charge on any atom is -0.357 e. The summed E-state index contributed by atoms with van der Waals surface area (Å²) < 4.78 is 1.90. The quantitative estimate of drug-likeness (QED) is 0.354. The monoisotopic (exact) mass is 502 g/mol. The van der Waals surface area contributed by atoms with Crippen molar-refractivity contribution in [3.05, 3.63) is 18.0 Å². The van der Waals surface area contributed by atoms with Gasteiger partial charge in [0.05, 0.1) is 6.20 Å². The van der Waals surface area contributed by atoms with E-state index in [0.717, 1.165) is 44.5 Å². The Kier molecular flexibility index (Phi) is 10.0. The highest BCUT2D eigenvalue weighted by molar-refractivity contribution is 14.0. The number of nitrogens with zero attached hydrogens (tertiary/aromatic N) is 5. The van der Waals surface area contributed by atoms with Crippen LogP contribution in [0, 0.1) is 11.8 Å². The second-order valence-corrected chi connectivity index (χ2v) is 8.23. The standard InChI is InChI=1S/C21H38N6.HI/c1-4-22-21(23-10-6-18-7-11-26(5-2)12-8-18)27-13-9-19(17-27)14-20-15-24-25(3)16-20;/h15-16,18-19H,4-14,17H2,1-3H3,(H,22,23);1H. The summed E-state index contributed by atoms with van der Waals surface area (Å²) in [4.78, 5) is 10.0. The number of halogens is 1. The fourth-order valence-corrected chi connectivity index (χ4v) is 4.47. The van der Waals surface area contributed by atoms with E-state index in [1.54, 1.807) is 0 Å². The third-order valence-corrected chi connectivity index (χ3v) is 6.16. The lowest BCUT2D eigenvalue weighted by atomic mass is 9.94. The molecule has 28 heavy (non-hydrogen) atoms. The Hall–Kier alpha value is -0.830. The Labute approximate surface area is 188 Å². The van der Waals surface area contributed by atoms with Crippen LogP contribution >= 0.6 is 24.0 Å². The molecule has 0 amide bonds. The van der Waals surface area contributed by atoms with Crippen LogP contribution in [0.1, 0.15) is 45.1 Å². The highest BCUT2D eigenvalue weighted by Crippen LogP contribution is 2.22. The molecule has 7 heteroatoms. The van der Waals surface area contributed by atoms with Crippen molar-refractivity contribution in [2.24, 2.45) is 23.9 Å². The zero-order valence-electron chi connectivity index (χ0n) is 17.9. The van der Waals surface area contributed by atoms with Gasteiger partial charge in [0.25, 0.3) is 0 Å². The fraction of sp³-hybridized carbons (Fsp3) is 0.810. The summed E-state index contributed by atoms with van der Waals surface area (Å²) >= 11 is 0. The van der Waals surface area contributed by atoms with Crippen molar-refractivity contribution < 1.29 is 0 Å². The molecular weight excluding hydrogens is 463 g/mol. The van der Waals surface area contributed by atoms with Gasteiger partial charge in [-0.2, -0.15) is 5.10 Å². The SMILES string of the molecule is CCNC(=NCCC1CCN(CC)CC1)N1CCC(Cc2cnn(C)c2)C1.I. The van der Waals surface area contributed by atoms with Gasteiger partial charge in [0.1, 0.15) is 0 Å². The second-order valence-electron chi connectivity index (χ2n) is 8.23. The molecule has 2 aliphatic heterocycles. The Balaban J connectivity index is 0.00000280. The molecule has 0 saturated carbocycles. The molecule has 2 fully saturated rings. The van der Waals surface area contributed by atoms with Crippen LogP contribution in [0.2, 0.25) is 0 Å². The molecule has 160 valence electrons. The van der Waals surface area contributed by atoms with E-state index in [1.807, 2.05) is 17.9 Å². The third kappa shape index (κ3) is 6.90. The largest absolute Gasteiger partial charge is 0.357 e. The summed E-state index contributed by atoms with van der Waals surface area (Å²) in [6.45, 7) is 12.3. The predicted molar refractivity (Wildman–Crippen MR) is 127 cm³/mol.